The Labute approximate surface area is 167 Å². The molecule has 28 heavy (non-hydrogen) atoms. The summed E-state index contributed by atoms with van der Waals surface area (Å²) in [6.07, 6.45) is -0.0690. The van der Waals surface area contributed by atoms with E-state index < -0.39 is 24.3 Å². The van der Waals surface area contributed by atoms with Crippen LogP contribution < -0.4 is 0 Å². The lowest BCUT2D eigenvalue weighted by Gasteiger charge is -2.04. The van der Waals surface area contributed by atoms with Gasteiger partial charge >= 0.3 is 11.9 Å². The van der Waals surface area contributed by atoms with Gasteiger partial charge in [0.25, 0.3) is 0 Å². The van der Waals surface area contributed by atoms with Crippen molar-refractivity contribution in [2.45, 2.75) is 40.5 Å². The van der Waals surface area contributed by atoms with E-state index in [4.69, 9.17) is 9.47 Å². The highest BCUT2D eigenvalue weighted by Crippen LogP contribution is 2.20. The van der Waals surface area contributed by atoms with Gasteiger partial charge < -0.3 is 14.5 Å². The fraction of sp³-hybridized carbons (Fsp3) is 0.400. The number of ketones is 2. The van der Waals surface area contributed by atoms with Crippen LogP contribution in [0.15, 0.2) is 12.1 Å². The number of H-pyrrole nitrogens is 1. The van der Waals surface area contributed by atoms with E-state index >= 15 is 0 Å². The van der Waals surface area contributed by atoms with Crippen LogP contribution in [0, 0.1) is 20.8 Å². The zero-order valence-corrected chi connectivity index (χ0v) is 17.2. The molecule has 0 atom stereocenters. The molecule has 0 amide bonds. The Morgan fingerprint density at radius 1 is 1.00 bits per heavy atom. The maximum absolute atomic E-state index is 12.4. The third-order valence-electron chi connectivity index (χ3n) is 4.13. The number of rotatable bonds is 9. The van der Waals surface area contributed by atoms with Crippen LogP contribution in [0.25, 0.3) is 0 Å². The molecule has 150 valence electrons. The molecule has 0 spiro atoms. The van der Waals surface area contributed by atoms with Crippen LogP contribution in [-0.4, -0.2) is 41.7 Å². The lowest BCUT2D eigenvalue weighted by molar-refractivity contribution is -0.142. The lowest BCUT2D eigenvalue weighted by atomic mass is 10.1. The highest BCUT2D eigenvalue weighted by atomic mass is 32.1. The van der Waals surface area contributed by atoms with Crippen molar-refractivity contribution >= 4 is 34.8 Å². The summed E-state index contributed by atoms with van der Waals surface area (Å²) in [5, 5.41) is 0. The Morgan fingerprint density at radius 2 is 1.71 bits per heavy atom. The van der Waals surface area contributed by atoms with Crippen molar-refractivity contribution in [3.63, 3.8) is 0 Å². The number of esters is 2. The number of thiophene rings is 1. The van der Waals surface area contributed by atoms with Crippen LogP contribution in [0.4, 0.5) is 0 Å². The van der Waals surface area contributed by atoms with Gasteiger partial charge in [0.15, 0.2) is 12.4 Å². The lowest BCUT2D eigenvalue weighted by Crippen LogP contribution is -2.16. The number of carbonyl (C=O) groups excluding carboxylic acids is 4. The number of aromatic amines is 1. The normalized spacial score (nSPS) is 10.6. The van der Waals surface area contributed by atoms with Gasteiger partial charge in [-0.1, -0.05) is 0 Å². The number of aryl methyl sites for hydroxylation is 2. The second-order valence-corrected chi connectivity index (χ2v) is 7.55. The Balaban J connectivity index is 1.89. The van der Waals surface area contributed by atoms with Crippen molar-refractivity contribution in [3.05, 3.63) is 44.4 Å². The topological polar surface area (TPSA) is 103 Å². The highest BCUT2D eigenvalue weighted by molar-refractivity contribution is 7.14. The number of Topliss-reactive ketones (excluding diaryl/α,β-unsaturated/α-hetero) is 2. The molecule has 0 saturated carbocycles. The van der Waals surface area contributed by atoms with Gasteiger partial charge in [0.1, 0.15) is 0 Å². The van der Waals surface area contributed by atoms with Gasteiger partial charge in [-0.2, -0.15) is 0 Å². The third-order valence-corrected chi connectivity index (χ3v) is 5.17. The van der Waals surface area contributed by atoms with Gasteiger partial charge in [0, 0.05) is 17.0 Å². The first kappa shape index (κ1) is 21.6. The van der Waals surface area contributed by atoms with Crippen molar-refractivity contribution in [2.75, 3.05) is 13.2 Å². The van der Waals surface area contributed by atoms with Gasteiger partial charge in [-0.3, -0.25) is 14.4 Å². The zero-order chi connectivity index (χ0) is 20.8. The van der Waals surface area contributed by atoms with Crippen LogP contribution in [0.5, 0.6) is 0 Å². The SMILES string of the molecule is CCOC(=O)c1c(C)[nH]c(C(=O)COC(=O)CCC(=O)c2ccc(C)s2)c1C. The summed E-state index contributed by atoms with van der Waals surface area (Å²) in [6, 6.07) is 3.58. The summed E-state index contributed by atoms with van der Waals surface area (Å²) in [7, 11) is 0. The van der Waals surface area contributed by atoms with E-state index in [0.717, 1.165) is 4.88 Å². The van der Waals surface area contributed by atoms with Crippen LogP contribution >= 0.6 is 11.3 Å². The molecule has 0 saturated heterocycles. The third kappa shape index (κ3) is 5.16. The van der Waals surface area contributed by atoms with E-state index in [0.29, 0.717) is 21.7 Å². The molecule has 0 radical (unpaired) electrons. The van der Waals surface area contributed by atoms with Crippen LogP contribution in [-0.2, 0) is 14.3 Å². The fourth-order valence-corrected chi connectivity index (χ4v) is 3.59. The van der Waals surface area contributed by atoms with Crippen molar-refractivity contribution in [3.8, 4) is 0 Å². The number of nitrogens with one attached hydrogen (secondary N) is 1. The van der Waals surface area contributed by atoms with Crippen molar-refractivity contribution in [2.24, 2.45) is 0 Å². The monoisotopic (exact) mass is 405 g/mol. The molecular formula is C20H23NO6S. The van der Waals surface area contributed by atoms with Gasteiger partial charge in [-0.05, 0) is 45.4 Å². The van der Waals surface area contributed by atoms with E-state index in [9.17, 15) is 19.2 Å². The second kappa shape index (κ2) is 9.45. The van der Waals surface area contributed by atoms with Crippen LogP contribution in [0.1, 0.15) is 66.4 Å². The average molecular weight is 405 g/mol. The predicted molar refractivity (Wildman–Crippen MR) is 104 cm³/mol. The van der Waals surface area contributed by atoms with Gasteiger partial charge in [-0.15, -0.1) is 11.3 Å². The summed E-state index contributed by atoms with van der Waals surface area (Å²) in [5.41, 5.74) is 1.49. The molecule has 8 heteroatoms. The Kier molecular flexibility index (Phi) is 7.28. The molecule has 2 rings (SSSR count). The Morgan fingerprint density at radius 3 is 2.32 bits per heavy atom. The summed E-state index contributed by atoms with van der Waals surface area (Å²) in [4.78, 5) is 52.7. The largest absolute Gasteiger partial charge is 0.462 e. The summed E-state index contributed by atoms with van der Waals surface area (Å²) >= 11 is 1.38. The molecule has 1 N–H and O–H groups in total. The minimum absolute atomic E-state index is 0.0284. The van der Waals surface area contributed by atoms with Crippen molar-refractivity contribution < 1.29 is 28.7 Å². The van der Waals surface area contributed by atoms with Crippen LogP contribution in [0.3, 0.4) is 0 Å². The molecule has 0 aliphatic carbocycles. The van der Waals surface area contributed by atoms with Crippen molar-refractivity contribution in [1.29, 1.82) is 0 Å². The van der Waals surface area contributed by atoms with E-state index in [1.165, 1.54) is 11.3 Å². The first-order valence-corrected chi connectivity index (χ1v) is 9.71. The molecule has 0 aliphatic heterocycles. The molecule has 7 nitrogen and oxygen atoms in total. The summed E-state index contributed by atoms with van der Waals surface area (Å²) in [6.45, 7) is 6.66. The molecule has 2 aromatic rings. The first-order valence-electron chi connectivity index (χ1n) is 8.89. The number of hydrogen-bond donors (Lipinski definition) is 1. The van der Waals surface area contributed by atoms with Crippen LogP contribution in [0.2, 0.25) is 0 Å². The summed E-state index contributed by atoms with van der Waals surface area (Å²) < 4.78 is 9.97. The molecule has 2 heterocycles. The minimum atomic E-state index is -0.624. The predicted octanol–water partition coefficient (Wildman–Crippen LogP) is 3.57. The van der Waals surface area contributed by atoms with E-state index in [-0.39, 0.29) is 30.9 Å². The standard InChI is InChI=1S/C20H23NO6S/c1-5-26-20(25)18-12(3)19(21-13(18)4)15(23)10-27-17(24)9-7-14(22)16-8-6-11(2)28-16/h6,8,21H,5,7,9-10H2,1-4H3. The molecular weight excluding hydrogens is 382 g/mol. The van der Waals surface area contributed by atoms with Crippen molar-refractivity contribution in [1.82, 2.24) is 4.98 Å². The number of aromatic nitrogens is 1. The number of ether oxygens (including phenoxy) is 2. The van der Waals surface area contributed by atoms with Gasteiger partial charge in [0.05, 0.1) is 29.2 Å². The van der Waals surface area contributed by atoms with Gasteiger partial charge in [0.2, 0.25) is 5.78 Å². The Hall–Kier alpha value is -2.74. The summed E-state index contributed by atoms with van der Waals surface area (Å²) in [5.74, 6) is -1.71. The maximum atomic E-state index is 12.4. The molecule has 2 aromatic heterocycles. The molecule has 0 aromatic carbocycles. The van der Waals surface area contributed by atoms with Gasteiger partial charge in [-0.25, -0.2) is 4.79 Å². The van der Waals surface area contributed by atoms with E-state index in [1.807, 2.05) is 13.0 Å². The first-order chi connectivity index (χ1) is 13.2. The maximum Gasteiger partial charge on any atom is 0.340 e. The minimum Gasteiger partial charge on any atom is -0.462 e. The van der Waals surface area contributed by atoms with E-state index in [2.05, 4.69) is 4.98 Å². The highest BCUT2D eigenvalue weighted by Gasteiger charge is 2.23. The second-order valence-electron chi connectivity index (χ2n) is 6.26. The zero-order valence-electron chi connectivity index (χ0n) is 16.3. The fourth-order valence-electron chi connectivity index (χ4n) is 2.75. The van der Waals surface area contributed by atoms with E-state index in [1.54, 1.807) is 26.8 Å². The smallest absolute Gasteiger partial charge is 0.340 e. The number of carbonyl (C=O) groups is 4. The molecule has 0 fully saturated rings. The quantitative estimate of drug-likeness (QED) is 0.505. The Bertz CT molecular complexity index is 908. The molecule has 0 bridgehead atoms. The molecule has 0 unspecified atom stereocenters. The number of hydrogen-bond acceptors (Lipinski definition) is 7. The average Bonchev–Trinajstić information content (AvgIpc) is 3.20. The molecule has 0 aliphatic rings.